The van der Waals surface area contributed by atoms with Gasteiger partial charge < -0.3 is 14.8 Å². The van der Waals surface area contributed by atoms with Crippen molar-refractivity contribution < 1.29 is 23.9 Å². The van der Waals surface area contributed by atoms with Crippen molar-refractivity contribution in [1.82, 2.24) is 5.32 Å². The van der Waals surface area contributed by atoms with Crippen LogP contribution < -0.4 is 5.32 Å². The minimum atomic E-state index is -0.936. The number of hydrogen-bond acceptors (Lipinski definition) is 5. The average Bonchev–Trinajstić information content (AvgIpc) is 2.48. The van der Waals surface area contributed by atoms with Gasteiger partial charge in [0.2, 0.25) is 0 Å². The van der Waals surface area contributed by atoms with E-state index in [1.54, 1.807) is 71.9 Å². The summed E-state index contributed by atoms with van der Waals surface area (Å²) in [5.74, 6) is -1.41. The second-order valence-corrected chi connectivity index (χ2v) is 8.05. The van der Waals surface area contributed by atoms with E-state index in [9.17, 15) is 14.4 Å². The molecule has 0 aliphatic carbocycles. The lowest BCUT2D eigenvalue weighted by atomic mass is 10.1. The normalized spacial score (nSPS) is 12.8. The third kappa shape index (κ3) is 8.65. The zero-order chi connectivity index (χ0) is 20.0. The molecule has 1 rings (SSSR count). The highest BCUT2D eigenvalue weighted by Gasteiger charge is 2.28. The van der Waals surface area contributed by atoms with Crippen LogP contribution in [0.2, 0.25) is 0 Å². The Labute approximate surface area is 155 Å². The SMILES string of the molecule is CC(C)(C)OC(=O)CC[C@H](NC(=O)c1ccccc1)C(=O)OC(C)(C)C. The minimum absolute atomic E-state index is 0.00372. The van der Waals surface area contributed by atoms with Crippen LogP contribution in [-0.4, -0.2) is 35.1 Å². The summed E-state index contributed by atoms with van der Waals surface area (Å²) in [6, 6.07) is 7.63. The van der Waals surface area contributed by atoms with E-state index in [-0.39, 0.29) is 12.8 Å². The Kier molecular flexibility index (Phi) is 7.36. The monoisotopic (exact) mass is 363 g/mol. The van der Waals surface area contributed by atoms with Gasteiger partial charge in [-0.1, -0.05) is 18.2 Å². The minimum Gasteiger partial charge on any atom is -0.460 e. The lowest BCUT2D eigenvalue weighted by Gasteiger charge is -2.25. The highest BCUT2D eigenvalue weighted by atomic mass is 16.6. The number of benzene rings is 1. The summed E-state index contributed by atoms with van der Waals surface area (Å²) in [5.41, 5.74) is -0.872. The zero-order valence-corrected chi connectivity index (χ0v) is 16.4. The van der Waals surface area contributed by atoms with E-state index in [1.807, 2.05) is 0 Å². The van der Waals surface area contributed by atoms with E-state index in [0.717, 1.165) is 0 Å². The molecule has 0 heterocycles. The van der Waals surface area contributed by atoms with Gasteiger partial charge in [-0.05, 0) is 60.1 Å². The molecule has 0 spiro atoms. The second kappa shape index (κ2) is 8.83. The van der Waals surface area contributed by atoms with Gasteiger partial charge in [-0.25, -0.2) is 4.79 Å². The van der Waals surface area contributed by atoms with Crippen LogP contribution in [0.5, 0.6) is 0 Å². The first kappa shape index (κ1) is 21.7. The molecule has 0 fully saturated rings. The van der Waals surface area contributed by atoms with Gasteiger partial charge in [0.1, 0.15) is 17.2 Å². The van der Waals surface area contributed by atoms with Crippen LogP contribution in [0.4, 0.5) is 0 Å². The molecule has 0 radical (unpaired) electrons. The second-order valence-electron chi connectivity index (χ2n) is 8.05. The van der Waals surface area contributed by atoms with E-state index in [2.05, 4.69) is 5.32 Å². The maximum Gasteiger partial charge on any atom is 0.329 e. The molecule has 26 heavy (non-hydrogen) atoms. The fourth-order valence-corrected chi connectivity index (χ4v) is 2.11. The molecule has 0 unspecified atom stereocenters. The van der Waals surface area contributed by atoms with E-state index in [4.69, 9.17) is 9.47 Å². The van der Waals surface area contributed by atoms with Gasteiger partial charge in [-0.2, -0.15) is 0 Å². The lowest BCUT2D eigenvalue weighted by Crippen LogP contribution is -2.44. The van der Waals surface area contributed by atoms with Crippen LogP contribution in [0.25, 0.3) is 0 Å². The van der Waals surface area contributed by atoms with Crippen molar-refractivity contribution in [2.24, 2.45) is 0 Å². The fourth-order valence-electron chi connectivity index (χ4n) is 2.11. The van der Waals surface area contributed by atoms with Crippen molar-refractivity contribution in [3.05, 3.63) is 35.9 Å². The molecule has 1 aromatic carbocycles. The van der Waals surface area contributed by atoms with E-state index < -0.39 is 35.1 Å². The standard InChI is InChI=1S/C20H29NO5/c1-19(2,3)25-16(22)13-12-15(18(24)26-20(4,5)6)21-17(23)14-10-8-7-9-11-14/h7-11,15H,12-13H2,1-6H3,(H,21,23)/t15-/m0/s1. The molecule has 1 atom stereocenters. The van der Waals surface area contributed by atoms with E-state index in [1.165, 1.54) is 0 Å². The summed E-state index contributed by atoms with van der Waals surface area (Å²) < 4.78 is 10.6. The molecule has 0 aliphatic heterocycles. The Morgan fingerprint density at radius 1 is 0.923 bits per heavy atom. The molecule has 6 nitrogen and oxygen atoms in total. The first-order chi connectivity index (χ1) is 11.9. The van der Waals surface area contributed by atoms with Gasteiger partial charge in [0.05, 0.1) is 0 Å². The largest absolute Gasteiger partial charge is 0.460 e. The average molecular weight is 363 g/mol. The number of rotatable bonds is 6. The molecule has 6 heteroatoms. The summed E-state index contributed by atoms with van der Waals surface area (Å²) >= 11 is 0. The lowest BCUT2D eigenvalue weighted by molar-refractivity contribution is -0.158. The smallest absolute Gasteiger partial charge is 0.329 e. The summed E-state index contributed by atoms with van der Waals surface area (Å²) in [5, 5.41) is 2.65. The Bertz CT molecular complexity index is 626. The quantitative estimate of drug-likeness (QED) is 0.785. The Morgan fingerprint density at radius 2 is 1.46 bits per heavy atom. The van der Waals surface area contributed by atoms with Gasteiger partial charge in [-0.3, -0.25) is 9.59 Å². The number of nitrogens with one attached hydrogen (secondary N) is 1. The van der Waals surface area contributed by atoms with E-state index >= 15 is 0 Å². The maximum atomic E-state index is 12.4. The number of ether oxygens (including phenoxy) is 2. The summed E-state index contributed by atoms with van der Waals surface area (Å²) in [6.45, 7) is 10.5. The summed E-state index contributed by atoms with van der Waals surface area (Å²) in [6.07, 6.45) is 0.0959. The highest BCUT2D eigenvalue weighted by Crippen LogP contribution is 2.14. The summed E-state index contributed by atoms with van der Waals surface area (Å²) in [4.78, 5) is 36.7. The zero-order valence-electron chi connectivity index (χ0n) is 16.4. The van der Waals surface area contributed by atoms with Crippen molar-refractivity contribution in [2.75, 3.05) is 0 Å². The van der Waals surface area contributed by atoms with E-state index in [0.29, 0.717) is 5.56 Å². The number of amides is 1. The summed E-state index contributed by atoms with van der Waals surface area (Å²) in [7, 11) is 0. The molecule has 0 aromatic heterocycles. The molecule has 1 N–H and O–H groups in total. The molecular formula is C20H29NO5. The van der Waals surface area contributed by atoms with Crippen molar-refractivity contribution in [3.8, 4) is 0 Å². The van der Waals surface area contributed by atoms with Gasteiger partial charge in [0, 0.05) is 12.0 Å². The molecule has 144 valence electrons. The topological polar surface area (TPSA) is 81.7 Å². The van der Waals surface area contributed by atoms with Crippen LogP contribution >= 0.6 is 0 Å². The molecule has 0 bridgehead atoms. The molecule has 1 aromatic rings. The molecule has 0 aliphatic rings. The third-order valence-electron chi connectivity index (χ3n) is 3.09. The van der Waals surface area contributed by atoms with Crippen molar-refractivity contribution in [3.63, 3.8) is 0 Å². The molecule has 0 saturated carbocycles. The first-order valence-electron chi connectivity index (χ1n) is 8.68. The predicted octanol–water partition coefficient (Wildman–Crippen LogP) is 3.25. The Hall–Kier alpha value is -2.37. The molecule has 0 saturated heterocycles. The van der Waals surface area contributed by atoms with Crippen LogP contribution in [-0.2, 0) is 19.1 Å². The maximum absolute atomic E-state index is 12.4. The van der Waals surface area contributed by atoms with Crippen LogP contribution in [0.1, 0.15) is 64.7 Å². The van der Waals surface area contributed by atoms with Crippen LogP contribution in [0.3, 0.4) is 0 Å². The van der Waals surface area contributed by atoms with Crippen LogP contribution in [0.15, 0.2) is 30.3 Å². The van der Waals surface area contributed by atoms with Gasteiger partial charge in [0.25, 0.3) is 5.91 Å². The molecular weight excluding hydrogens is 334 g/mol. The first-order valence-corrected chi connectivity index (χ1v) is 8.68. The van der Waals surface area contributed by atoms with Crippen molar-refractivity contribution in [1.29, 1.82) is 0 Å². The van der Waals surface area contributed by atoms with Crippen molar-refractivity contribution >= 4 is 17.8 Å². The van der Waals surface area contributed by atoms with Gasteiger partial charge >= 0.3 is 11.9 Å². The highest BCUT2D eigenvalue weighted by molar-refractivity contribution is 5.96. The van der Waals surface area contributed by atoms with Crippen molar-refractivity contribution in [2.45, 2.75) is 71.6 Å². The number of carbonyl (C=O) groups is 3. The van der Waals surface area contributed by atoms with Gasteiger partial charge in [-0.15, -0.1) is 0 Å². The number of carbonyl (C=O) groups excluding carboxylic acids is 3. The van der Waals surface area contributed by atoms with Crippen LogP contribution in [0, 0.1) is 0 Å². The predicted molar refractivity (Wildman–Crippen MR) is 98.6 cm³/mol. The number of esters is 2. The third-order valence-corrected chi connectivity index (χ3v) is 3.09. The Morgan fingerprint density at radius 3 is 1.96 bits per heavy atom. The van der Waals surface area contributed by atoms with Gasteiger partial charge in [0.15, 0.2) is 0 Å². The number of hydrogen-bond donors (Lipinski definition) is 1. The fraction of sp³-hybridized carbons (Fsp3) is 0.550. The Balaban J connectivity index is 2.80. The molecule has 1 amide bonds.